The van der Waals surface area contributed by atoms with Crippen molar-refractivity contribution in [3.63, 3.8) is 0 Å². The average Bonchev–Trinajstić information content (AvgIpc) is 3.47. The number of alkyl halides is 2. The summed E-state index contributed by atoms with van der Waals surface area (Å²) in [6.45, 7) is 5.12. The smallest absolute Gasteiger partial charge is 0.344 e. The summed E-state index contributed by atoms with van der Waals surface area (Å²) >= 11 is 0. The first-order chi connectivity index (χ1) is 21.9. The molecule has 0 unspecified atom stereocenters. The van der Waals surface area contributed by atoms with Crippen LogP contribution in [0.25, 0.3) is 11.3 Å². The van der Waals surface area contributed by atoms with E-state index in [1.54, 1.807) is 32.3 Å². The summed E-state index contributed by atoms with van der Waals surface area (Å²) in [6, 6.07) is 9.80. The van der Waals surface area contributed by atoms with Gasteiger partial charge in [-0.25, -0.2) is 23.5 Å². The average molecular weight is 635 g/mol. The van der Waals surface area contributed by atoms with Gasteiger partial charge in [-0.3, -0.25) is 14.5 Å². The highest BCUT2D eigenvalue weighted by Crippen LogP contribution is 2.41. The normalized spacial score (nSPS) is 18.4. The van der Waals surface area contributed by atoms with Gasteiger partial charge in [-0.15, -0.1) is 0 Å². The minimum Gasteiger partial charge on any atom is -0.425 e. The fourth-order valence-electron chi connectivity index (χ4n) is 5.64. The van der Waals surface area contributed by atoms with Crippen molar-refractivity contribution in [2.75, 3.05) is 5.32 Å². The number of aryl methyl sites for hydroxylation is 2. The van der Waals surface area contributed by atoms with Crippen molar-refractivity contribution in [3.05, 3.63) is 83.6 Å². The zero-order valence-corrected chi connectivity index (χ0v) is 26.0. The molecular formula is C33H36F2N6O5. The molecule has 0 amide bonds. The highest BCUT2D eigenvalue weighted by molar-refractivity contribution is 5.88. The van der Waals surface area contributed by atoms with Gasteiger partial charge in [-0.1, -0.05) is 0 Å². The molecule has 0 bridgehead atoms. The predicted molar refractivity (Wildman–Crippen MR) is 164 cm³/mol. The quantitative estimate of drug-likeness (QED) is 0.157. The zero-order chi connectivity index (χ0) is 33.0. The molecule has 1 aliphatic carbocycles. The van der Waals surface area contributed by atoms with Crippen molar-refractivity contribution >= 4 is 23.6 Å². The monoisotopic (exact) mass is 634 g/mol. The number of nitrogens with zero attached hydrogens (tertiary/aromatic N) is 5. The Morgan fingerprint density at radius 1 is 1.04 bits per heavy atom. The maximum atomic E-state index is 13.1. The van der Waals surface area contributed by atoms with E-state index in [1.165, 1.54) is 42.3 Å². The molecule has 46 heavy (non-hydrogen) atoms. The van der Waals surface area contributed by atoms with E-state index in [0.717, 1.165) is 5.56 Å². The topological polar surface area (TPSA) is 141 Å². The molecule has 1 aliphatic rings. The summed E-state index contributed by atoms with van der Waals surface area (Å²) in [4.78, 5) is 38.3. The largest absolute Gasteiger partial charge is 0.425 e. The van der Waals surface area contributed by atoms with Crippen LogP contribution < -0.4 is 5.32 Å². The molecule has 0 radical (unpaired) electrons. The lowest BCUT2D eigenvalue weighted by Gasteiger charge is -2.37. The minimum atomic E-state index is -2.61. The molecule has 0 spiro atoms. The number of rotatable bonds is 10. The Morgan fingerprint density at radius 3 is 2.46 bits per heavy atom. The van der Waals surface area contributed by atoms with E-state index in [-0.39, 0.29) is 28.8 Å². The van der Waals surface area contributed by atoms with Gasteiger partial charge in [0.25, 0.3) is 6.43 Å². The van der Waals surface area contributed by atoms with Crippen molar-refractivity contribution < 1.29 is 33.0 Å². The zero-order valence-electron chi connectivity index (χ0n) is 26.0. The maximum Gasteiger partial charge on any atom is 0.344 e. The Balaban J connectivity index is 1.18. The summed E-state index contributed by atoms with van der Waals surface area (Å²) < 4.78 is 38.3. The lowest BCUT2D eigenvalue weighted by molar-refractivity contribution is -0.172. The SMILES string of the molecule is Cc1cc(Nc2cc(C(F)F)ccn2)nc(-c2ccc([C@](C)(O)[C@H]3CC[C@H](C(=O)O[C@H](C)OC(=O)c4cnn(C)c4)CC3)nc2)c1. The van der Waals surface area contributed by atoms with Crippen molar-refractivity contribution in [3.8, 4) is 11.3 Å². The number of anilines is 2. The summed E-state index contributed by atoms with van der Waals surface area (Å²) in [7, 11) is 1.68. The number of carbonyl (C=O) groups is 2. The van der Waals surface area contributed by atoms with E-state index in [0.29, 0.717) is 48.5 Å². The number of hydrogen-bond donors (Lipinski definition) is 2. The van der Waals surface area contributed by atoms with Crippen molar-refractivity contribution in [2.45, 2.75) is 64.8 Å². The number of ether oxygens (including phenoxy) is 2. The third kappa shape index (κ3) is 7.71. The molecule has 11 nitrogen and oxygen atoms in total. The molecule has 5 rings (SSSR count). The van der Waals surface area contributed by atoms with Gasteiger partial charge in [0.1, 0.15) is 17.2 Å². The molecule has 1 fully saturated rings. The van der Waals surface area contributed by atoms with Gasteiger partial charge in [0.15, 0.2) is 0 Å². The molecule has 2 atom stereocenters. The standard InChI is InChI=1S/C33H36F2N6O5/c1-19-13-26(39-29(14-19)40-28-15-22(30(34)35)11-12-36-28)23-7-10-27(37-16-23)33(3,44)25-8-5-21(6-9-25)31(42)45-20(2)46-32(43)24-17-38-41(4)18-24/h7,10-18,20-21,25,30,44H,5-6,8-9H2,1-4H3,(H,36,39,40)/t20-,21-,25-,33+/m0/s1. The van der Waals surface area contributed by atoms with Crippen LogP contribution in [0.2, 0.25) is 0 Å². The van der Waals surface area contributed by atoms with Gasteiger partial charge in [0, 0.05) is 43.7 Å². The number of hydrogen-bond acceptors (Lipinski definition) is 10. The van der Waals surface area contributed by atoms with Crippen LogP contribution in [0.1, 0.15) is 73.1 Å². The van der Waals surface area contributed by atoms with Crippen LogP contribution in [0.15, 0.2) is 61.2 Å². The molecule has 4 heterocycles. The minimum absolute atomic E-state index is 0.139. The molecule has 13 heteroatoms. The fraction of sp³-hybridized carbons (Fsp3) is 0.394. The second-order valence-corrected chi connectivity index (χ2v) is 11.8. The number of pyridine rings is 3. The highest BCUT2D eigenvalue weighted by atomic mass is 19.3. The van der Waals surface area contributed by atoms with E-state index < -0.39 is 30.3 Å². The van der Waals surface area contributed by atoms with E-state index in [2.05, 4.69) is 25.4 Å². The van der Waals surface area contributed by atoms with Crippen LogP contribution in [-0.4, -0.2) is 48.1 Å². The lowest BCUT2D eigenvalue weighted by atomic mass is 9.73. The number of aromatic nitrogens is 5. The van der Waals surface area contributed by atoms with E-state index in [1.807, 2.05) is 19.1 Å². The Kier molecular flexibility index (Phi) is 9.71. The second kappa shape index (κ2) is 13.7. The van der Waals surface area contributed by atoms with Crippen LogP contribution in [0.4, 0.5) is 20.4 Å². The Bertz CT molecular complexity index is 1690. The molecule has 2 N–H and O–H groups in total. The molecule has 0 aromatic carbocycles. The third-order valence-corrected chi connectivity index (χ3v) is 8.19. The summed E-state index contributed by atoms with van der Waals surface area (Å²) in [5.74, 6) is -0.874. The van der Waals surface area contributed by atoms with Crippen molar-refractivity contribution in [2.24, 2.45) is 18.9 Å². The van der Waals surface area contributed by atoms with E-state index >= 15 is 0 Å². The number of halogens is 2. The van der Waals surface area contributed by atoms with Gasteiger partial charge in [-0.05, 0) is 87.4 Å². The lowest BCUT2D eigenvalue weighted by Crippen LogP contribution is -2.37. The van der Waals surface area contributed by atoms with Crippen LogP contribution in [-0.2, 0) is 26.9 Å². The van der Waals surface area contributed by atoms with Crippen LogP contribution >= 0.6 is 0 Å². The van der Waals surface area contributed by atoms with Crippen LogP contribution in [0.5, 0.6) is 0 Å². The maximum absolute atomic E-state index is 13.1. The highest BCUT2D eigenvalue weighted by Gasteiger charge is 2.39. The number of esters is 2. The van der Waals surface area contributed by atoms with Crippen molar-refractivity contribution in [1.82, 2.24) is 24.7 Å². The number of carbonyl (C=O) groups excluding carboxylic acids is 2. The number of aliphatic hydroxyl groups is 1. The number of nitrogens with one attached hydrogen (secondary N) is 1. The molecule has 242 valence electrons. The molecule has 4 aromatic heterocycles. The van der Waals surface area contributed by atoms with E-state index in [9.17, 15) is 23.5 Å². The molecule has 4 aromatic rings. The van der Waals surface area contributed by atoms with Crippen LogP contribution in [0.3, 0.4) is 0 Å². The van der Waals surface area contributed by atoms with Crippen molar-refractivity contribution in [1.29, 1.82) is 0 Å². The van der Waals surface area contributed by atoms with E-state index in [4.69, 9.17) is 9.47 Å². The molecule has 0 aliphatic heterocycles. The molecule has 0 saturated heterocycles. The first-order valence-electron chi connectivity index (χ1n) is 15.0. The summed E-state index contributed by atoms with van der Waals surface area (Å²) in [5.41, 5.74) is 1.60. The Hall–Kier alpha value is -4.78. The predicted octanol–water partition coefficient (Wildman–Crippen LogP) is 6.02. The third-order valence-electron chi connectivity index (χ3n) is 8.19. The molecular weight excluding hydrogens is 598 g/mol. The Labute approximate surface area is 265 Å². The fourth-order valence-corrected chi connectivity index (χ4v) is 5.64. The summed E-state index contributed by atoms with van der Waals surface area (Å²) in [5, 5.41) is 18.5. The molecule has 1 saturated carbocycles. The Morgan fingerprint density at radius 2 is 1.80 bits per heavy atom. The van der Waals surface area contributed by atoms with Gasteiger partial charge < -0.3 is 19.9 Å². The summed E-state index contributed by atoms with van der Waals surface area (Å²) in [6.07, 6.45) is 4.38. The van der Waals surface area contributed by atoms with Crippen LogP contribution in [0, 0.1) is 18.8 Å². The first kappa shape index (κ1) is 32.6. The van der Waals surface area contributed by atoms with Gasteiger partial charge >= 0.3 is 11.9 Å². The van der Waals surface area contributed by atoms with Gasteiger partial charge in [0.2, 0.25) is 6.29 Å². The second-order valence-electron chi connectivity index (χ2n) is 11.8. The first-order valence-corrected chi connectivity index (χ1v) is 15.0. The van der Waals surface area contributed by atoms with Gasteiger partial charge in [-0.2, -0.15) is 5.10 Å². The van der Waals surface area contributed by atoms with Gasteiger partial charge in [0.05, 0.1) is 29.1 Å².